The lowest BCUT2D eigenvalue weighted by Gasteiger charge is -2.33. The first-order valence-electron chi connectivity index (χ1n) is 12.3. The molecular weight excluding hydrogens is 513 g/mol. The van der Waals surface area contributed by atoms with Crippen LogP contribution in [0.1, 0.15) is 12.1 Å². The molecule has 0 amide bonds. The number of piperazine rings is 1. The highest BCUT2D eigenvalue weighted by Crippen LogP contribution is 2.35. The van der Waals surface area contributed by atoms with Crippen LogP contribution in [0.15, 0.2) is 36.4 Å². The van der Waals surface area contributed by atoms with E-state index in [0.717, 1.165) is 12.2 Å². The molecule has 0 unspecified atom stereocenters. The molecular formula is C26H30FN5O5S. The second kappa shape index (κ2) is 10.7. The highest BCUT2D eigenvalue weighted by molar-refractivity contribution is 7.88. The summed E-state index contributed by atoms with van der Waals surface area (Å²) in [7, 11) is -1.59. The second-order valence-electron chi connectivity index (χ2n) is 9.29. The Hall–Kier alpha value is -3.48. The van der Waals surface area contributed by atoms with Crippen LogP contribution in [-0.4, -0.2) is 85.3 Å². The van der Waals surface area contributed by atoms with Crippen molar-refractivity contribution in [1.29, 1.82) is 0 Å². The van der Waals surface area contributed by atoms with Gasteiger partial charge < -0.3 is 24.1 Å². The van der Waals surface area contributed by atoms with Crippen LogP contribution in [0.25, 0.3) is 21.8 Å². The quantitative estimate of drug-likeness (QED) is 0.318. The van der Waals surface area contributed by atoms with Crippen LogP contribution in [0.3, 0.4) is 0 Å². The minimum absolute atomic E-state index is 0.0403. The Balaban J connectivity index is 1.30. The topological polar surface area (TPSA) is 110 Å². The van der Waals surface area contributed by atoms with Crippen LogP contribution >= 0.6 is 0 Å². The van der Waals surface area contributed by atoms with E-state index in [1.165, 1.54) is 10.6 Å². The van der Waals surface area contributed by atoms with E-state index in [2.05, 4.69) is 19.9 Å². The fourth-order valence-corrected chi connectivity index (χ4v) is 5.36. The molecule has 5 rings (SSSR count). The molecule has 202 valence electrons. The van der Waals surface area contributed by atoms with Gasteiger partial charge in [0.2, 0.25) is 15.9 Å². The van der Waals surface area contributed by atoms with Gasteiger partial charge in [-0.3, -0.25) is 0 Å². The summed E-state index contributed by atoms with van der Waals surface area (Å²) in [5.74, 6) is 0.303. The zero-order valence-corrected chi connectivity index (χ0v) is 22.3. The Labute approximate surface area is 220 Å². The van der Waals surface area contributed by atoms with Crippen molar-refractivity contribution in [3.63, 3.8) is 0 Å². The maximum absolute atomic E-state index is 15.2. The summed E-state index contributed by atoms with van der Waals surface area (Å²) in [5.41, 5.74) is 2.10. The van der Waals surface area contributed by atoms with Crippen molar-refractivity contribution in [1.82, 2.24) is 24.2 Å². The second-order valence-corrected chi connectivity index (χ2v) is 11.3. The number of rotatable bonds is 9. The van der Waals surface area contributed by atoms with Gasteiger partial charge in [-0.1, -0.05) is 0 Å². The number of nitrogens with one attached hydrogen (secondary N) is 1. The van der Waals surface area contributed by atoms with Crippen molar-refractivity contribution in [3.8, 4) is 23.4 Å². The fraction of sp³-hybridized carbons (Fsp3) is 0.385. The number of sulfonamides is 1. The fourth-order valence-electron chi connectivity index (χ4n) is 4.54. The van der Waals surface area contributed by atoms with Crippen LogP contribution < -0.4 is 14.2 Å². The molecule has 4 aromatic rings. The molecule has 1 N–H and O–H groups in total. The standard InChI is InChI=1S/C26H30FN5O5S/c1-17-15-19-21(28-17)7-8-23(24(19)27)37-25-20-16-18(35-2)5-6-22(20)29-26(30-25)36-14-4-9-31-10-12-32(13-11-31)38(3,33)34/h5-8,15-16,28H,4,9-14H2,1-3H3. The van der Waals surface area contributed by atoms with Gasteiger partial charge in [0.05, 0.1) is 30.9 Å². The zero-order valence-electron chi connectivity index (χ0n) is 21.5. The number of hydrogen-bond donors (Lipinski definition) is 1. The van der Waals surface area contributed by atoms with Crippen molar-refractivity contribution in [2.75, 3.05) is 52.7 Å². The van der Waals surface area contributed by atoms with Crippen LogP contribution in [0, 0.1) is 12.7 Å². The van der Waals surface area contributed by atoms with E-state index in [1.807, 2.05) is 6.92 Å². The molecule has 2 aromatic carbocycles. The normalized spacial score (nSPS) is 15.3. The predicted octanol–water partition coefficient (Wildman–Crippen LogP) is 3.71. The van der Waals surface area contributed by atoms with Crippen LogP contribution in [0.2, 0.25) is 0 Å². The summed E-state index contributed by atoms with van der Waals surface area (Å²) in [6.07, 6.45) is 1.94. The third-order valence-electron chi connectivity index (χ3n) is 6.54. The highest BCUT2D eigenvalue weighted by Gasteiger charge is 2.23. The number of aryl methyl sites for hydroxylation is 1. The Kier molecular flexibility index (Phi) is 7.37. The maximum atomic E-state index is 15.2. The average molecular weight is 544 g/mol. The summed E-state index contributed by atoms with van der Waals surface area (Å²) >= 11 is 0. The van der Waals surface area contributed by atoms with Crippen LogP contribution in [0.5, 0.6) is 23.4 Å². The number of aromatic amines is 1. The third-order valence-corrected chi connectivity index (χ3v) is 7.84. The van der Waals surface area contributed by atoms with Crippen molar-refractivity contribution in [2.45, 2.75) is 13.3 Å². The molecule has 0 atom stereocenters. The minimum Gasteiger partial charge on any atom is -0.497 e. The molecule has 0 aliphatic carbocycles. The first-order chi connectivity index (χ1) is 18.2. The number of nitrogens with zero attached hydrogens (tertiary/aromatic N) is 4. The smallest absolute Gasteiger partial charge is 0.320 e. The Morgan fingerprint density at radius 1 is 1.05 bits per heavy atom. The molecule has 0 bridgehead atoms. The Morgan fingerprint density at radius 3 is 2.58 bits per heavy atom. The molecule has 10 nitrogen and oxygen atoms in total. The van der Waals surface area contributed by atoms with Crippen molar-refractivity contribution < 1.29 is 27.0 Å². The zero-order chi connectivity index (χ0) is 26.9. The largest absolute Gasteiger partial charge is 0.497 e. The summed E-state index contributed by atoms with van der Waals surface area (Å²) < 4.78 is 57.3. The van der Waals surface area contributed by atoms with Gasteiger partial charge in [0.25, 0.3) is 0 Å². The molecule has 0 saturated carbocycles. The number of aromatic nitrogens is 3. The van der Waals surface area contributed by atoms with Crippen LogP contribution in [-0.2, 0) is 10.0 Å². The molecule has 12 heteroatoms. The van der Waals surface area contributed by atoms with Gasteiger partial charge in [0.15, 0.2) is 11.6 Å². The number of fused-ring (bicyclic) bond motifs is 2. The van der Waals surface area contributed by atoms with Gasteiger partial charge in [0.1, 0.15) is 5.75 Å². The van der Waals surface area contributed by atoms with Crippen molar-refractivity contribution >= 4 is 31.8 Å². The van der Waals surface area contributed by atoms with E-state index < -0.39 is 15.8 Å². The summed E-state index contributed by atoms with van der Waals surface area (Å²) in [6, 6.07) is 10.5. The van der Waals surface area contributed by atoms with E-state index >= 15 is 4.39 Å². The molecule has 1 aliphatic rings. The predicted molar refractivity (Wildman–Crippen MR) is 142 cm³/mol. The SMILES string of the molecule is COc1ccc2nc(OCCCN3CCN(S(C)(=O)=O)CC3)nc(Oc3ccc4[nH]c(C)cc4c3F)c2c1. The Morgan fingerprint density at radius 2 is 1.84 bits per heavy atom. The monoisotopic (exact) mass is 543 g/mol. The number of methoxy groups -OCH3 is 1. The van der Waals surface area contributed by atoms with Crippen LogP contribution in [0.4, 0.5) is 4.39 Å². The van der Waals surface area contributed by atoms with E-state index in [4.69, 9.17) is 14.2 Å². The number of halogens is 1. The maximum Gasteiger partial charge on any atom is 0.320 e. The van der Waals surface area contributed by atoms with Crippen molar-refractivity contribution in [2.24, 2.45) is 0 Å². The molecule has 3 heterocycles. The lowest BCUT2D eigenvalue weighted by molar-refractivity contribution is 0.173. The number of ether oxygens (including phenoxy) is 3. The van der Waals surface area contributed by atoms with E-state index in [1.54, 1.807) is 43.5 Å². The lowest BCUT2D eigenvalue weighted by atomic mass is 10.2. The lowest BCUT2D eigenvalue weighted by Crippen LogP contribution is -2.48. The summed E-state index contributed by atoms with van der Waals surface area (Å²) in [6.45, 7) is 5.31. The van der Waals surface area contributed by atoms with Gasteiger partial charge in [-0.15, -0.1) is 0 Å². The van der Waals surface area contributed by atoms with Gasteiger partial charge in [-0.2, -0.15) is 14.3 Å². The van der Waals surface area contributed by atoms with Gasteiger partial charge in [0, 0.05) is 49.3 Å². The highest BCUT2D eigenvalue weighted by atomic mass is 32.2. The molecule has 1 aliphatic heterocycles. The summed E-state index contributed by atoms with van der Waals surface area (Å²) in [4.78, 5) is 14.3. The van der Waals surface area contributed by atoms with Gasteiger partial charge in [-0.25, -0.2) is 12.8 Å². The molecule has 0 radical (unpaired) electrons. The van der Waals surface area contributed by atoms with E-state index in [-0.39, 0.29) is 17.6 Å². The number of H-pyrrole nitrogens is 1. The van der Waals surface area contributed by atoms with Crippen molar-refractivity contribution in [3.05, 3.63) is 47.9 Å². The molecule has 1 fully saturated rings. The first-order valence-corrected chi connectivity index (χ1v) is 14.2. The molecule has 2 aromatic heterocycles. The average Bonchev–Trinajstić information content (AvgIpc) is 3.29. The van der Waals surface area contributed by atoms with Gasteiger partial charge >= 0.3 is 6.01 Å². The number of hydrogen-bond acceptors (Lipinski definition) is 8. The molecule has 0 spiro atoms. The minimum atomic E-state index is -3.15. The number of benzene rings is 2. The van der Waals surface area contributed by atoms with E-state index in [9.17, 15) is 8.42 Å². The van der Waals surface area contributed by atoms with Gasteiger partial charge in [-0.05, 0) is 49.7 Å². The molecule has 38 heavy (non-hydrogen) atoms. The van der Waals surface area contributed by atoms with E-state index in [0.29, 0.717) is 66.8 Å². The summed E-state index contributed by atoms with van der Waals surface area (Å²) in [5, 5.41) is 0.995. The third kappa shape index (κ3) is 5.66. The molecule has 1 saturated heterocycles. The first kappa shape index (κ1) is 26.1. The Bertz CT molecular complexity index is 1570.